The maximum atomic E-state index is 10.6. The topological polar surface area (TPSA) is 73.0 Å². The fourth-order valence-corrected chi connectivity index (χ4v) is 0.576. The third-order valence-corrected chi connectivity index (χ3v) is 1.04. The minimum atomic E-state index is -1.46. The summed E-state index contributed by atoms with van der Waals surface area (Å²) in [6.07, 6.45) is 2.45. The number of nitrogens with one attached hydrogen (secondary N) is 1. The van der Waals surface area contributed by atoms with Crippen molar-refractivity contribution in [3.8, 4) is 0 Å². The van der Waals surface area contributed by atoms with E-state index in [4.69, 9.17) is 0 Å². The normalized spacial score (nSPS) is 8.36. The summed E-state index contributed by atoms with van der Waals surface area (Å²) in [7, 11) is 0. The van der Waals surface area contributed by atoms with Gasteiger partial charge in [-0.3, -0.25) is 4.79 Å². The van der Waals surface area contributed by atoms with Gasteiger partial charge in [0, 0.05) is 18.5 Å². The van der Waals surface area contributed by atoms with E-state index in [1.807, 2.05) is 0 Å². The summed E-state index contributed by atoms with van der Waals surface area (Å²) in [6.45, 7) is 0. The van der Waals surface area contributed by atoms with Gasteiger partial charge < -0.3 is 14.9 Å². The van der Waals surface area contributed by atoms with E-state index in [1.165, 1.54) is 6.20 Å². The molecule has 0 radical (unpaired) electrons. The minimum absolute atomic E-state index is 0. The third-order valence-electron chi connectivity index (χ3n) is 1.04. The third kappa shape index (κ3) is 2.49. The van der Waals surface area contributed by atoms with Crippen molar-refractivity contribution in [1.82, 2.24) is 4.98 Å². The van der Waals surface area contributed by atoms with Gasteiger partial charge >= 0.3 is 29.6 Å². The number of carbonyl (C=O) groups is 1. The Balaban J connectivity index is 0.000001000. The zero-order valence-corrected chi connectivity index (χ0v) is 7.96. The van der Waals surface area contributed by atoms with E-state index >= 15 is 0 Å². The van der Waals surface area contributed by atoms with Crippen LogP contribution in [0.4, 0.5) is 0 Å². The summed E-state index contributed by atoms with van der Waals surface area (Å²) in [4.78, 5) is 23.2. The molecule has 1 heterocycles. The molecule has 0 aromatic carbocycles. The monoisotopic (exact) mass is 161 g/mol. The predicted molar refractivity (Wildman–Crippen MR) is 31.4 cm³/mol. The SMILES string of the molecule is O=C([O-])c1c[nH]ccc1=O.[Na+]. The molecule has 1 aromatic heterocycles. The van der Waals surface area contributed by atoms with Crippen molar-refractivity contribution < 1.29 is 39.5 Å². The number of pyridine rings is 1. The molecule has 0 spiro atoms. The van der Waals surface area contributed by atoms with Crippen molar-refractivity contribution in [2.75, 3.05) is 0 Å². The average Bonchev–Trinajstić information content (AvgIpc) is 1.88. The summed E-state index contributed by atoms with van der Waals surface area (Å²) < 4.78 is 0. The smallest absolute Gasteiger partial charge is 0.545 e. The molecule has 52 valence electrons. The maximum absolute atomic E-state index is 10.6. The van der Waals surface area contributed by atoms with E-state index in [0.29, 0.717) is 0 Å². The minimum Gasteiger partial charge on any atom is -0.545 e. The molecule has 0 saturated carbocycles. The number of hydrogen-bond donors (Lipinski definition) is 1. The van der Waals surface area contributed by atoms with Crippen LogP contribution < -0.4 is 40.1 Å². The second kappa shape index (κ2) is 4.33. The summed E-state index contributed by atoms with van der Waals surface area (Å²) in [5.74, 6) is -1.46. The maximum Gasteiger partial charge on any atom is 1.00 e. The van der Waals surface area contributed by atoms with Crippen molar-refractivity contribution in [2.24, 2.45) is 0 Å². The summed E-state index contributed by atoms with van der Waals surface area (Å²) >= 11 is 0. The van der Waals surface area contributed by atoms with Gasteiger partial charge in [0.15, 0.2) is 5.43 Å². The number of rotatable bonds is 1. The first-order chi connectivity index (χ1) is 4.72. The molecule has 1 rings (SSSR count). The van der Waals surface area contributed by atoms with E-state index in [-0.39, 0.29) is 35.1 Å². The molecular weight excluding hydrogens is 157 g/mol. The van der Waals surface area contributed by atoms with Crippen molar-refractivity contribution >= 4 is 5.97 Å². The quantitative estimate of drug-likeness (QED) is 0.424. The molecule has 0 atom stereocenters. The molecule has 0 aliphatic carbocycles. The number of aromatic nitrogens is 1. The summed E-state index contributed by atoms with van der Waals surface area (Å²) in [5, 5.41) is 10.1. The van der Waals surface area contributed by atoms with Gasteiger partial charge in [-0.2, -0.15) is 0 Å². The molecule has 1 aromatic rings. The van der Waals surface area contributed by atoms with Gasteiger partial charge in [-0.25, -0.2) is 0 Å². The molecule has 0 amide bonds. The average molecular weight is 161 g/mol. The van der Waals surface area contributed by atoms with Crippen LogP contribution in [0, 0.1) is 0 Å². The molecule has 0 aliphatic rings. The van der Waals surface area contributed by atoms with Gasteiger partial charge in [-0.15, -0.1) is 0 Å². The molecule has 4 nitrogen and oxygen atoms in total. The van der Waals surface area contributed by atoms with Gasteiger partial charge in [0.25, 0.3) is 0 Å². The Labute approximate surface area is 84.5 Å². The Hall–Kier alpha value is -0.580. The van der Waals surface area contributed by atoms with Gasteiger partial charge in [0.05, 0.1) is 11.5 Å². The van der Waals surface area contributed by atoms with Crippen LogP contribution in [0.15, 0.2) is 23.3 Å². The van der Waals surface area contributed by atoms with Crippen molar-refractivity contribution in [3.05, 3.63) is 34.2 Å². The van der Waals surface area contributed by atoms with Crippen LogP contribution in [0.3, 0.4) is 0 Å². The Kier molecular flexibility index (Phi) is 4.10. The van der Waals surface area contributed by atoms with Crippen LogP contribution in [0.2, 0.25) is 0 Å². The molecule has 0 saturated heterocycles. The molecular formula is C6H4NNaO3. The molecule has 1 N–H and O–H groups in total. The van der Waals surface area contributed by atoms with Gasteiger partial charge in [0.2, 0.25) is 0 Å². The standard InChI is InChI=1S/C6H5NO3.Na/c8-5-1-2-7-3-4(5)6(9)10;/h1-3H,(H,7,8)(H,9,10);/q;+1/p-1. The number of aromatic carboxylic acids is 1. The van der Waals surface area contributed by atoms with Crippen LogP contribution >= 0.6 is 0 Å². The van der Waals surface area contributed by atoms with Gasteiger partial charge in [-0.05, 0) is 0 Å². The molecule has 0 unspecified atom stereocenters. The van der Waals surface area contributed by atoms with E-state index in [9.17, 15) is 14.7 Å². The van der Waals surface area contributed by atoms with Crippen LogP contribution in [0.5, 0.6) is 0 Å². The number of carboxylic acid groups (broad SMARTS) is 1. The van der Waals surface area contributed by atoms with E-state index < -0.39 is 11.4 Å². The largest absolute Gasteiger partial charge is 1.00 e. The number of H-pyrrole nitrogens is 1. The summed E-state index contributed by atoms with van der Waals surface area (Å²) in [5.41, 5.74) is -0.888. The second-order valence-corrected chi connectivity index (χ2v) is 1.71. The Morgan fingerprint density at radius 3 is 2.55 bits per heavy atom. The molecule has 0 bridgehead atoms. The van der Waals surface area contributed by atoms with Crippen molar-refractivity contribution in [3.63, 3.8) is 0 Å². The van der Waals surface area contributed by atoms with E-state index in [0.717, 1.165) is 12.3 Å². The van der Waals surface area contributed by atoms with E-state index in [1.54, 1.807) is 0 Å². The number of carbonyl (C=O) groups excluding carboxylic acids is 1. The zero-order valence-electron chi connectivity index (χ0n) is 5.96. The van der Waals surface area contributed by atoms with Gasteiger partial charge in [0.1, 0.15) is 0 Å². The number of hydrogen-bond acceptors (Lipinski definition) is 3. The first-order valence-electron chi connectivity index (χ1n) is 2.60. The van der Waals surface area contributed by atoms with Gasteiger partial charge in [-0.1, -0.05) is 0 Å². The van der Waals surface area contributed by atoms with E-state index in [2.05, 4.69) is 4.98 Å². The second-order valence-electron chi connectivity index (χ2n) is 1.71. The number of carboxylic acids is 1. The first kappa shape index (κ1) is 10.4. The Morgan fingerprint density at radius 1 is 1.55 bits per heavy atom. The Morgan fingerprint density at radius 2 is 2.18 bits per heavy atom. The molecule has 0 aliphatic heterocycles. The fourth-order valence-electron chi connectivity index (χ4n) is 0.576. The Bertz CT molecular complexity index is 307. The van der Waals surface area contributed by atoms with Crippen LogP contribution in [0.1, 0.15) is 10.4 Å². The molecule has 11 heavy (non-hydrogen) atoms. The van der Waals surface area contributed by atoms with Crippen molar-refractivity contribution in [2.45, 2.75) is 0 Å². The molecule has 0 fully saturated rings. The van der Waals surface area contributed by atoms with Crippen LogP contribution in [-0.2, 0) is 0 Å². The van der Waals surface area contributed by atoms with Crippen molar-refractivity contribution in [1.29, 1.82) is 0 Å². The first-order valence-corrected chi connectivity index (χ1v) is 2.60. The number of aromatic amines is 1. The summed E-state index contributed by atoms with van der Waals surface area (Å²) in [6, 6.07) is 1.13. The fraction of sp³-hybridized carbons (Fsp3) is 0. The van der Waals surface area contributed by atoms with Crippen LogP contribution in [0.25, 0.3) is 0 Å². The van der Waals surface area contributed by atoms with Crippen LogP contribution in [-0.4, -0.2) is 11.0 Å². The predicted octanol–water partition coefficient (Wildman–Crippen LogP) is -4.26. The zero-order chi connectivity index (χ0) is 7.56. The molecule has 5 heteroatoms.